The minimum atomic E-state index is -1.08. The number of aliphatic hydroxyl groups excluding tert-OH is 1. The number of nitrogens with zero attached hydrogens (tertiary/aromatic N) is 1. The highest BCUT2D eigenvalue weighted by molar-refractivity contribution is 5.92. The van der Waals surface area contributed by atoms with E-state index in [-0.39, 0.29) is 31.9 Å². The molecule has 0 aromatic carbocycles. The lowest BCUT2D eigenvalue weighted by Gasteiger charge is -2.21. The zero-order chi connectivity index (χ0) is 13.1. The number of furan rings is 1. The van der Waals surface area contributed by atoms with Gasteiger partial charge in [0.05, 0.1) is 19.2 Å². The standard InChI is InChI=1S/C12H16FNO4/c1-17-7-10-2-3-11(18-10)12(16)14-5-8(13)4-9(14)6-15/h2-3,8-9,15H,4-7H2,1H3/t8-,9-/m0/s1. The minimum absolute atomic E-state index is 0.00434. The van der Waals surface area contributed by atoms with E-state index >= 15 is 0 Å². The molecule has 1 aromatic rings. The monoisotopic (exact) mass is 257 g/mol. The first-order valence-corrected chi connectivity index (χ1v) is 5.79. The van der Waals surface area contributed by atoms with Gasteiger partial charge in [0.25, 0.3) is 5.91 Å². The van der Waals surface area contributed by atoms with Gasteiger partial charge in [0.1, 0.15) is 18.5 Å². The molecule has 0 radical (unpaired) electrons. The number of carbonyl (C=O) groups is 1. The average molecular weight is 257 g/mol. The maximum atomic E-state index is 13.3. The predicted octanol–water partition coefficient (Wildman–Crippen LogP) is 0.971. The largest absolute Gasteiger partial charge is 0.453 e. The number of carbonyl (C=O) groups excluding carboxylic acids is 1. The van der Waals surface area contributed by atoms with Crippen LogP contribution in [-0.4, -0.2) is 48.4 Å². The fourth-order valence-corrected chi connectivity index (χ4v) is 2.14. The van der Waals surface area contributed by atoms with Crippen molar-refractivity contribution >= 4 is 5.91 Å². The summed E-state index contributed by atoms with van der Waals surface area (Å²) in [5.74, 6) is 0.295. The molecule has 5 nitrogen and oxygen atoms in total. The molecule has 1 aromatic heterocycles. The van der Waals surface area contributed by atoms with E-state index in [2.05, 4.69) is 0 Å². The summed E-state index contributed by atoms with van der Waals surface area (Å²) >= 11 is 0. The number of methoxy groups -OCH3 is 1. The summed E-state index contributed by atoms with van der Waals surface area (Å²) in [6, 6.07) is 2.72. The third kappa shape index (κ3) is 2.54. The molecule has 0 saturated carbocycles. The van der Waals surface area contributed by atoms with Crippen molar-refractivity contribution in [1.29, 1.82) is 0 Å². The molecule has 100 valence electrons. The Hall–Kier alpha value is -1.40. The van der Waals surface area contributed by atoms with Gasteiger partial charge >= 0.3 is 0 Å². The Bertz CT molecular complexity index is 420. The van der Waals surface area contributed by atoms with Gasteiger partial charge in [0.2, 0.25) is 0 Å². The van der Waals surface area contributed by atoms with Crippen LogP contribution in [0.25, 0.3) is 0 Å². The molecule has 0 aliphatic carbocycles. The molecule has 1 amide bonds. The predicted molar refractivity (Wildman–Crippen MR) is 60.8 cm³/mol. The zero-order valence-electron chi connectivity index (χ0n) is 10.1. The van der Waals surface area contributed by atoms with Crippen molar-refractivity contribution in [3.8, 4) is 0 Å². The summed E-state index contributed by atoms with van der Waals surface area (Å²) in [5.41, 5.74) is 0. The van der Waals surface area contributed by atoms with Crippen LogP contribution in [0.3, 0.4) is 0 Å². The van der Waals surface area contributed by atoms with Crippen molar-refractivity contribution in [3.63, 3.8) is 0 Å². The van der Waals surface area contributed by atoms with Crippen molar-refractivity contribution in [2.24, 2.45) is 0 Å². The van der Waals surface area contributed by atoms with Crippen LogP contribution in [0.4, 0.5) is 4.39 Å². The Kier molecular flexibility index (Phi) is 3.98. The van der Waals surface area contributed by atoms with E-state index < -0.39 is 18.1 Å². The number of amides is 1. The Morgan fingerprint density at radius 3 is 3.11 bits per heavy atom. The van der Waals surface area contributed by atoms with Crippen molar-refractivity contribution in [2.75, 3.05) is 20.3 Å². The Labute approximate surface area is 104 Å². The van der Waals surface area contributed by atoms with Gasteiger partial charge in [-0.15, -0.1) is 0 Å². The number of aliphatic hydroxyl groups is 1. The Morgan fingerprint density at radius 2 is 2.44 bits per heavy atom. The second-order valence-corrected chi connectivity index (χ2v) is 4.33. The van der Waals surface area contributed by atoms with Gasteiger partial charge in [-0.05, 0) is 12.1 Å². The lowest BCUT2D eigenvalue weighted by molar-refractivity contribution is 0.0634. The molecule has 2 heterocycles. The van der Waals surface area contributed by atoms with Gasteiger partial charge in [-0.1, -0.05) is 0 Å². The van der Waals surface area contributed by atoms with Crippen molar-refractivity contribution in [3.05, 3.63) is 23.7 Å². The highest BCUT2D eigenvalue weighted by Crippen LogP contribution is 2.23. The zero-order valence-corrected chi connectivity index (χ0v) is 10.1. The maximum absolute atomic E-state index is 13.3. The molecule has 6 heteroatoms. The lowest BCUT2D eigenvalue weighted by atomic mass is 10.2. The normalized spacial score (nSPS) is 23.6. The number of hydrogen-bond acceptors (Lipinski definition) is 4. The fraction of sp³-hybridized carbons (Fsp3) is 0.583. The third-order valence-corrected chi connectivity index (χ3v) is 2.99. The summed E-state index contributed by atoms with van der Waals surface area (Å²) in [4.78, 5) is 13.4. The fourth-order valence-electron chi connectivity index (χ4n) is 2.14. The highest BCUT2D eigenvalue weighted by atomic mass is 19.1. The van der Waals surface area contributed by atoms with Crippen LogP contribution >= 0.6 is 0 Å². The van der Waals surface area contributed by atoms with Gasteiger partial charge in [0.15, 0.2) is 5.76 Å². The van der Waals surface area contributed by atoms with E-state index in [1.807, 2.05) is 0 Å². The molecule has 1 fully saturated rings. The first kappa shape index (κ1) is 13.0. The summed E-state index contributed by atoms with van der Waals surface area (Å²) in [6.45, 7) is 0.0462. The maximum Gasteiger partial charge on any atom is 0.289 e. The molecule has 1 N–H and O–H groups in total. The first-order valence-electron chi connectivity index (χ1n) is 5.79. The molecule has 0 bridgehead atoms. The van der Waals surface area contributed by atoms with Gasteiger partial charge in [-0.25, -0.2) is 4.39 Å². The summed E-state index contributed by atoms with van der Waals surface area (Å²) in [5, 5.41) is 9.13. The first-order chi connectivity index (χ1) is 8.65. The van der Waals surface area contributed by atoms with Crippen molar-refractivity contribution in [1.82, 2.24) is 4.90 Å². The Balaban J connectivity index is 2.09. The molecular weight excluding hydrogens is 241 g/mol. The second-order valence-electron chi connectivity index (χ2n) is 4.33. The van der Waals surface area contributed by atoms with Crippen molar-refractivity contribution in [2.45, 2.75) is 25.2 Å². The number of likely N-dealkylation sites (tertiary alicyclic amines) is 1. The van der Waals surface area contributed by atoms with Crippen LogP contribution in [-0.2, 0) is 11.3 Å². The van der Waals surface area contributed by atoms with E-state index in [9.17, 15) is 9.18 Å². The minimum Gasteiger partial charge on any atom is -0.453 e. The van der Waals surface area contributed by atoms with Gasteiger partial charge in [0, 0.05) is 13.5 Å². The molecule has 0 unspecified atom stereocenters. The van der Waals surface area contributed by atoms with E-state index in [1.54, 1.807) is 6.07 Å². The molecule has 0 spiro atoms. The highest BCUT2D eigenvalue weighted by Gasteiger charge is 2.36. The summed E-state index contributed by atoms with van der Waals surface area (Å²) < 4.78 is 23.5. The molecule has 18 heavy (non-hydrogen) atoms. The summed E-state index contributed by atoms with van der Waals surface area (Å²) in [7, 11) is 1.53. The van der Waals surface area contributed by atoms with Crippen LogP contribution in [0.15, 0.2) is 16.5 Å². The van der Waals surface area contributed by atoms with E-state index in [0.29, 0.717) is 5.76 Å². The van der Waals surface area contributed by atoms with Gasteiger partial charge in [-0.2, -0.15) is 0 Å². The molecule has 2 atom stereocenters. The number of ether oxygens (including phenoxy) is 1. The molecular formula is C12H16FNO4. The van der Waals surface area contributed by atoms with Crippen LogP contribution in [0.1, 0.15) is 22.7 Å². The van der Waals surface area contributed by atoms with Crippen molar-refractivity contribution < 1.29 is 23.4 Å². The van der Waals surface area contributed by atoms with E-state index in [1.165, 1.54) is 18.1 Å². The van der Waals surface area contributed by atoms with Crippen LogP contribution in [0, 0.1) is 0 Å². The quantitative estimate of drug-likeness (QED) is 0.873. The third-order valence-electron chi connectivity index (χ3n) is 2.99. The number of alkyl halides is 1. The number of halogens is 1. The molecule has 1 aliphatic heterocycles. The number of hydrogen-bond donors (Lipinski definition) is 1. The summed E-state index contributed by atoms with van der Waals surface area (Å²) in [6.07, 6.45) is -0.909. The van der Waals surface area contributed by atoms with Crippen LogP contribution < -0.4 is 0 Å². The smallest absolute Gasteiger partial charge is 0.289 e. The average Bonchev–Trinajstić information content (AvgIpc) is 2.95. The SMILES string of the molecule is COCc1ccc(C(=O)N2C[C@@H](F)C[C@H]2CO)o1. The lowest BCUT2D eigenvalue weighted by Crippen LogP contribution is -2.37. The van der Waals surface area contributed by atoms with E-state index in [0.717, 1.165) is 0 Å². The van der Waals surface area contributed by atoms with Gasteiger partial charge in [-0.3, -0.25) is 4.79 Å². The Morgan fingerprint density at radius 1 is 1.67 bits per heavy atom. The number of rotatable bonds is 4. The van der Waals surface area contributed by atoms with Crippen LogP contribution in [0.5, 0.6) is 0 Å². The molecule has 1 saturated heterocycles. The van der Waals surface area contributed by atoms with E-state index in [4.69, 9.17) is 14.3 Å². The topological polar surface area (TPSA) is 62.9 Å². The van der Waals surface area contributed by atoms with Crippen LogP contribution in [0.2, 0.25) is 0 Å². The van der Waals surface area contributed by atoms with Gasteiger partial charge < -0.3 is 19.2 Å². The molecule has 1 aliphatic rings. The second kappa shape index (κ2) is 5.49. The molecule has 2 rings (SSSR count).